The number of unbranched alkanes of at least 4 members (excludes halogenated alkanes) is 2. The van der Waals surface area contributed by atoms with Crippen LogP contribution in [0.5, 0.6) is 0 Å². The van der Waals surface area contributed by atoms with Gasteiger partial charge in [-0.05, 0) is 31.6 Å². The van der Waals surface area contributed by atoms with Gasteiger partial charge in [0.1, 0.15) is 0 Å². The molecule has 0 aliphatic carbocycles. The minimum absolute atomic E-state index is 0.390. The van der Waals surface area contributed by atoms with Gasteiger partial charge in [0, 0.05) is 0 Å². The molecule has 0 fully saturated rings. The Kier molecular flexibility index (Phi) is 9.11. The molecule has 1 unspecified atom stereocenters. The Hall–Kier alpha value is 0.01000. The zero-order chi connectivity index (χ0) is 9.23. The predicted molar refractivity (Wildman–Crippen MR) is 56.2 cm³/mol. The third kappa shape index (κ3) is 8.11. The maximum Gasteiger partial charge on any atom is 0.153 e. The van der Waals surface area contributed by atoms with Crippen LogP contribution >= 0.6 is 11.8 Å². The van der Waals surface area contributed by atoms with E-state index in [9.17, 15) is 5.11 Å². The summed E-state index contributed by atoms with van der Waals surface area (Å²) in [5, 5.41) is 12.2. The van der Waals surface area contributed by atoms with E-state index in [2.05, 4.69) is 11.9 Å². The lowest BCUT2D eigenvalue weighted by Gasteiger charge is -2.09. The Morgan fingerprint density at radius 2 is 2.33 bits per heavy atom. The van der Waals surface area contributed by atoms with E-state index in [-0.39, 0.29) is 0 Å². The van der Waals surface area contributed by atoms with Gasteiger partial charge in [-0.1, -0.05) is 13.0 Å². The number of thioether (sulfide) groups is 1. The van der Waals surface area contributed by atoms with Gasteiger partial charge in [-0.2, -0.15) is 0 Å². The van der Waals surface area contributed by atoms with E-state index in [4.69, 9.17) is 0 Å². The van der Waals surface area contributed by atoms with Crippen molar-refractivity contribution in [1.29, 1.82) is 0 Å². The number of hydrogen-bond acceptors (Lipinski definition) is 3. The summed E-state index contributed by atoms with van der Waals surface area (Å²) < 4.78 is 0. The van der Waals surface area contributed by atoms with Gasteiger partial charge in [-0.15, -0.1) is 18.3 Å². The van der Waals surface area contributed by atoms with Gasteiger partial charge in [0.05, 0.1) is 0 Å². The molecule has 0 aromatic heterocycles. The highest BCUT2D eigenvalue weighted by Crippen LogP contribution is 2.09. The van der Waals surface area contributed by atoms with Crippen LogP contribution in [-0.2, 0) is 0 Å². The van der Waals surface area contributed by atoms with E-state index >= 15 is 0 Å². The summed E-state index contributed by atoms with van der Waals surface area (Å²) in [6, 6.07) is 0. The Balaban J connectivity index is 3.02. The number of rotatable bonds is 8. The Morgan fingerprint density at radius 3 is 2.92 bits per heavy atom. The average Bonchev–Trinajstić information content (AvgIpc) is 2.05. The molecule has 0 saturated heterocycles. The average molecular weight is 189 g/mol. The van der Waals surface area contributed by atoms with Gasteiger partial charge in [-0.3, -0.25) is 5.32 Å². The molecule has 0 aromatic carbocycles. The molecule has 12 heavy (non-hydrogen) atoms. The van der Waals surface area contributed by atoms with Crippen LogP contribution in [-0.4, -0.2) is 23.0 Å². The third-order valence-electron chi connectivity index (χ3n) is 1.46. The molecule has 0 aromatic rings. The molecule has 0 aliphatic rings. The molecule has 0 aliphatic heterocycles. The summed E-state index contributed by atoms with van der Waals surface area (Å²) >= 11 is 1.56. The van der Waals surface area contributed by atoms with Crippen molar-refractivity contribution < 1.29 is 5.11 Å². The first kappa shape index (κ1) is 12.0. The molecule has 0 bridgehead atoms. The fourth-order valence-corrected chi connectivity index (χ4v) is 1.70. The first-order valence-corrected chi connectivity index (χ1v) is 5.50. The van der Waals surface area contributed by atoms with Crippen molar-refractivity contribution in [2.75, 3.05) is 12.3 Å². The molecule has 1 atom stereocenters. The highest BCUT2D eigenvalue weighted by molar-refractivity contribution is 7.99. The largest absolute Gasteiger partial charge is 0.369 e. The van der Waals surface area contributed by atoms with Crippen molar-refractivity contribution >= 4 is 11.8 Å². The fraction of sp³-hybridized carbons (Fsp3) is 0.778. The summed E-state index contributed by atoms with van der Waals surface area (Å²) in [5.74, 6) is 1.02. The number of aliphatic hydroxyl groups is 1. The number of aliphatic hydroxyl groups excluding tert-OH is 1. The summed E-state index contributed by atoms with van der Waals surface area (Å²) in [6.07, 6.45) is 5.34. The number of hydrogen-bond donors (Lipinski definition) is 2. The molecular weight excluding hydrogens is 170 g/mol. The normalized spacial score (nSPS) is 12.8. The lowest BCUT2D eigenvalue weighted by molar-refractivity contribution is 0.228. The van der Waals surface area contributed by atoms with E-state index in [0.29, 0.717) is 0 Å². The van der Waals surface area contributed by atoms with Crippen molar-refractivity contribution in [3.63, 3.8) is 0 Å². The quantitative estimate of drug-likeness (QED) is 0.348. The van der Waals surface area contributed by atoms with Crippen LogP contribution in [0.25, 0.3) is 0 Å². The molecule has 2 N–H and O–H groups in total. The Bertz CT molecular complexity index is 109. The van der Waals surface area contributed by atoms with Crippen molar-refractivity contribution in [1.82, 2.24) is 5.32 Å². The molecule has 3 heteroatoms. The zero-order valence-corrected chi connectivity index (χ0v) is 8.57. The zero-order valence-electron chi connectivity index (χ0n) is 7.75. The van der Waals surface area contributed by atoms with Crippen LogP contribution in [0.4, 0.5) is 0 Å². The Labute approximate surface area is 79.4 Å². The van der Waals surface area contributed by atoms with E-state index in [1.807, 2.05) is 13.0 Å². The molecule has 0 amide bonds. The molecule has 0 heterocycles. The van der Waals surface area contributed by atoms with Gasteiger partial charge < -0.3 is 5.11 Å². The molecule has 0 rings (SSSR count). The second-order valence-electron chi connectivity index (χ2n) is 2.57. The van der Waals surface area contributed by atoms with E-state index < -0.39 is 5.56 Å². The number of allylic oxidation sites excluding steroid dienone is 1. The van der Waals surface area contributed by atoms with Gasteiger partial charge in [-0.25, -0.2) is 0 Å². The minimum atomic E-state index is -0.390. The standard InChI is InChI=1S/C9H19NOS/c1-3-5-6-7-8-12-9(11)10-4-2/h3,9-11H,1,4-8H2,2H3. The maximum atomic E-state index is 9.24. The van der Waals surface area contributed by atoms with Crippen LogP contribution in [0.3, 0.4) is 0 Å². The summed E-state index contributed by atoms with van der Waals surface area (Å²) in [5.41, 5.74) is -0.390. The van der Waals surface area contributed by atoms with Crippen molar-refractivity contribution in [3.8, 4) is 0 Å². The molecule has 0 spiro atoms. The summed E-state index contributed by atoms with van der Waals surface area (Å²) in [4.78, 5) is 0. The second kappa shape index (κ2) is 9.10. The van der Waals surface area contributed by atoms with E-state index in [0.717, 1.165) is 25.1 Å². The fourth-order valence-electron chi connectivity index (χ4n) is 0.819. The first-order chi connectivity index (χ1) is 5.81. The van der Waals surface area contributed by atoms with Crippen LogP contribution in [0.2, 0.25) is 0 Å². The monoisotopic (exact) mass is 189 g/mol. The molecule has 0 radical (unpaired) electrons. The van der Waals surface area contributed by atoms with E-state index in [1.165, 1.54) is 6.42 Å². The molecular formula is C9H19NOS. The summed E-state index contributed by atoms with van der Waals surface area (Å²) in [7, 11) is 0. The van der Waals surface area contributed by atoms with Gasteiger partial charge in [0.25, 0.3) is 0 Å². The smallest absolute Gasteiger partial charge is 0.153 e. The van der Waals surface area contributed by atoms with Gasteiger partial charge >= 0.3 is 0 Å². The topological polar surface area (TPSA) is 32.3 Å². The third-order valence-corrected chi connectivity index (χ3v) is 2.46. The van der Waals surface area contributed by atoms with Crippen molar-refractivity contribution in [3.05, 3.63) is 12.7 Å². The van der Waals surface area contributed by atoms with Crippen molar-refractivity contribution in [2.24, 2.45) is 0 Å². The molecule has 72 valence electrons. The van der Waals surface area contributed by atoms with Crippen LogP contribution in [0.1, 0.15) is 26.2 Å². The second-order valence-corrected chi connectivity index (χ2v) is 3.75. The van der Waals surface area contributed by atoms with Gasteiger partial charge in [0.15, 0.2) is 5.56 Å². The minimum Gasteiger partial charge on any atom is -0.369 e. The van der Waals surface area contributed by atoms with Crippen LogP contribution < -0.4 is 5.32 Å². The maximum absolute atomic E-state index is 9.24. The highest BCUT2D eigenvalue weighted by atomic mass is 32.2. The molecule has 0 saturated carbocycles. The SMILES string of the molecule is C=CCCCCSC(O)NCC. The van der Waals surface area contributed by atoms with Crippen LogP contribution in [0.15, 0.2) is 12.7 Å². The lowest BCUT2D eigenvalue weighted by atomic mass is 10.2. The highest BCUT2D eigenvalue weighted by Gasteiger charge is 1.99. The first-order valence-electron chi connectivity index (χ1n) is 4.45. The summed E-state index contributed by atoms with van der Waals surface area (Å²) in [6.45, 7) is 6.46. The van der Waals surface area contributed by atoms with E-state index in [1.54, 1.807) is 11.8 Å². The Morgan fingerprint density at radius 1 is 1.58 bits per heavy atom. The predicted octanol–water partition coefficient (Wildman–Crippen LogP) is 1.96. The lowest BCUT2D eigenvalue weighted by Crippen LogP contribution is -2.25. The molecule has 2 nitrogen and oxygen atoms in total. The van der Waals surface area contributed by atoms with Crippen LogP contribution in [0, 0.1) is 0 Å². The number of nitrogens with one attached hydrogen (secondary N) is 1. The van der Waals surface area contributed by atoms with Crippen molar-refractivity contribution in [2.45, 2.75) is 31.7 Å². The van der Waals surface area contributed by atoms with Gasteiger partial charge in [0.2, 0.25) is 0 Å².